The van der Waals surface area contributed by atoms with Crippen LogP contribution in [0.25, 0.3) is 11.5 Å². The molecule has 1 unspecified atom stereocenters. The average molecular weight is 391 g/mol. The van der Waals surface area contributed by atoms with E-state index in [2.05, 4.69) is 20.9 Å². The van der Waals surface area contributed by atoms with Gasteiger partial charge in [0.05, 0.1) is 0 Å². The van der Waals surface area contributed by atoms with Gasteiger partial charge in [-0.1, -0.05) is 35.5 Å². The monoisotopic (exact) mass is 391 g/mol. The molecule has 1 saturated heterocycles. The molecular formula is C20H17N5O4. The first kappa shape index (κ1) is 18.4. The number of nitrogens with zero attached hydrogens (tertiary/aromatic N) is 3. The molecule has 1 aliphatic rings. The van der Waals surface area contributed by atoms with Gasteiger partial charge in [-0.15, -0.1) is 0 Å². The van der Waals surface area contributed by atoms with Gasteiger partial charge in [-0.05, 0) is 43.7 Å². The SMILES string of the molecule is Cc1noc(-c2ccc(C(=O)NN3C(=O)NC(C)(c4ccccc4)C3=O)cc2)n1. The van der Waals surface area contributed by atoms with Gasteiger partial charge in [-0.2, -0.15) is 9.99 Å². The van der Waals surface area contributed by atoms with Crippen molar-refractivity contribution in [3.05, 3.63) is 71.5 Å². The van der Waals surface area contributed by atoms with E-state index >= 15 is 0 Å². The Kier molecular flexibility index (Phi) is 4.34. The fourth-order valence-electron chi connectivity index (χ4n) is 3.05. The molecule has 1 aromatic heterocycles. The summed E-state index contributed by atoms with van der Waals surface area (Å²) in [6.45, 7) is 3.30. The largest absolute Gasteiger partial charge is 0.344 e. The highest BCUT2D eigenvalue weighted by molar-refractivity contribution is 6.09. The maximum absolute atomic E-state index is 12.8. The van der Waals surface area contributed by atoms with Crippen molar-refractivity contribution in [2.75, 3.05) is 0 Å². The molecule has 9 nitrogen and oxygen atoms in total. The van der Waals surface area contributed by atoms with Crippen molar-refractivity contribution in [2.24, 2.45) is 0 Å². The Morgan fingerprint density at radius 2 is 1.79 bits per heavy atom. The molecule has 29 heavy (non-hydrogen) atoms. The Morgan fingerprint density at radius 3 is 2.41 bits per heavy atom. The fraction of sp³-hybridized carbons (Fsp3) is 0.150. The molecule has 146 valence electrons. The summed E-state index contributed by atoms with van der Waals surface area (Å²) in [6, 6.07) is 14.5. The molecule has 9 heteroatoms. The second-order valence-corrected chi connectivity index (χ2v) is 6.73. The van der Waals surface area contributed by atoms with E-state index in [1.54, 1.807) is 62.4 Å². The van der Waals surface area contributed by atoms with Crippen molar-refractivity contribution in [2.45, 2.75) is 19.4 Å². The molecule has 0 spiro atoms. The fourth-order valence-corrected chi connectivity index (χ4v) is 3.05. The summed E-state index contributed by atoms with van der Waals surface area (Å²) in [7, 11) is 0. The van der Waals surface area contributed by atoms with E-state index in [0.29, 0.717) is 27.9 Å². The van der Waals surface area contributed by atoms with Crippen LogP contribution in [0.5, 0.6) is 0 Å². The van der Waals surface area contributed by atoms with Gasteiger partial charge in [0.25, 0.3) is 17.7 Å². The Morgan fingerprint density at radius 1 is 1.10 bits per heavy atom. The molecule has 1 aliphatic heterocycles. The smallest absolute Gasteiger partial charge is 0.334 e. The average Bonchev–Trinajstić information content (AvgIpc) is 3.26. The zero-order valence-corrected chi connectivity index (χ0v) is 15.7. The Bertz CT molecular complexity index is 1090. The van der Waals surface area contributed by atoms with Crippen LogP contribution in [0.2, 0.25) is 0 Å². The highest BCUT2D eigenvalue weighted by atomic mass is 16.5. The minimum absolute atomic E-state index is 0.263. The first-order valence-corrected chi connectivity index (χ1v) is 8.82. The minimum atomic E-state index is -1.26. The summed E-state index contributed by atoms with van der Waals surface area (Å²) < 4.78 is 5.08. The second-order valence-electron chi connectivity index (χ2n) is 6.73. The van der Waals surface area contributed by atoms with Crippen molar-refractivity contribution in [3.63, 3.8) is 0 Å². The molecule has 1 fully saturated rings. The number of aryl methyl sites for hydroxylation is 1. The van der Waals surface area contributed by atoms with Crippen LogP contribution < -0.4 is 10.7 Å². The second kappa shape index (κ2) is 6.86. The number of carbonyl (C=O) groups is 3. The number of benzene rings is 2. The number of hydrazine groups is 1. The van der Waals surface area contributed by atoms with Crippen LogP contribution in [0.4, 0.5) is 4.79 Å². The normalized spacial score (nSPS) is 18.6. The van der Waals surface area contributed by atoms with Crippen LogP contribution >= 0.6 is 0 Å². The zero-order valence-electron chi connectivity index (χ0n) is 15.7. The van der Waals surface area contributed by atoms with Gasteiger partial charge < -0.3 is 9.84 Å². The molecular weight excluding hydrogens is 374 g/mol. The number of hydrogen-bond acceptors (Lipinski definition) is 6. The van der Waals surface area contributed by atoms with E-state index in [0.717, 1.165) is 0 Å². The number of carbonyl (C=O) groups excluding carboxylic acids is 3. The number of nitrogens with one attached hydrogen (secondary N) is 2. The zero-order chi connectivity index (χ0) is 20.6. The standard InChI is InChI=1S/C20H17N5O4/c1-12-21-17(29-24-12)14-10-8-13(9-11-14)16(26)23-25-18(27)20(2,22-19(25)28)15-6-4-3-5-7-15/h3-11H,1-2H3,(H,22,28)(H,23,26). The van der Waals surface area contributed by atoms with Crippen LogP contribution in [0, 0.1) is 6.92 Å². The number of aromatic nitrogens is 2. The molecule has 0 saturated carbocycles. The van der Waals surface area contributed by atoms with Crippen LogP contribution in [0.15, 0.2) is 59.1 Å². The lowest BCUT2D eigenvalue weighted by atomic mass is 9.92. The topological polar surface area (TPSA) is 117 Å². The molecule has 0 bridgehead atoms. The molecule has 0 radical (unpaired) electrons. The van der Waals surface area contributed by atoms with Crippen molar-refractivity contribution in [3.8, 4) is 11.5 Å². The van der Waals surface area contributed by atoms with E-state index in [1.165, 1.54) is 0 Å². The van der Waals surface area contributed by atoms with Gasteiger partial charge in [0.2, 0.25) is 0 Å². The molecule has 0 aliphatic carbocycles. The first-order chi connectivity index (χ1) is 13.9. The van der Waals surface area contributed by atoms with Crippen molar-refractivity contribution >= 4 is 17.8 Å². The summed E-state index contributed by atoms with van der Waals surface area (Å²) >= 11 is 0. The lowest BCUT2D eigenvalue weighted by Gasteiger charge is -2.22. The lowest BCUT2D eigenvalue weighted by molar-refractivity contribution is -0.132. The van der Waals surface area contributed by atoms with Gasteiger partial charge in [-0.25, -0.2) is 4.79 Å². The van der Waals surface area contributed by atoms with E-state index in [4.69, 9.17) is 4.52 Å². The van der Waals surface area contributed by atoms with Crippen LogP contribution in [0.1, 0.15) is 28.7 Å². The quantitative estimate of drug-likeness (QED) is 0.658. The summed E-state index contributed by atoms with van der Waals surface area (Å²) in [5.41, 5.74) is 2.64. The summed E-state index contributed by atoms with van der Waals surface area (Å²) in [5, 5.41) is 7.05. The molecule has 1 atom stereocenters. The maximum atomic E-state index is 12.8. The van der Waals surface area contributed by atoms with E-state index < -0.39 is 23.4 Å². The molecule has 2 N–H and O–H groups in total. The third-order valence-corrected chi connectivity index (χ3v) is 4.68. The number of amides is 4. The van der Waals surface area contributed by atoms with Gasteiger partial charge in [0.15, 0.2) is 5.82 Å². The van der Waals surface area contributed by atoms with E-state index in [1.807, 2.05) is 6.07 Å². The molecule has 2 aromatic carbocycles. The Hall–Kier alpha value is -4.01. The number of rotatable bonds is 4. The minimum Gasteiger partial charge on any atom is -0.334 e. The van der Waals surface area contributed by atoms with Gasteiger partial charge in [-0.3, -0.25) is 15.0 Å². The van der Waals surface area contributed by atoms with Crippen LogP contribution in [0.3, 0.4) is 0 Å². The van der Waals surface area contributed by atoms with Crippen molar-refractivity contribution < 1.29 is 18.9 Å². The third-order valence-electron chi connectivity index (χ3n) is 4.68. The van der Waals surface area contributed by atoms with E-state index in [-0.39, 0.29) is 5.56 Å². The first-order valence-electron chi connectivity index (χ1n) is 8.82. The molecule has 2 heterocycles. The highest BCUT2D eigenvalue weighted by Gasteiger charge is 2.50. The lowest BCUT2D eigenvalue weighted by Crippen LogP contribution is -2.47. The summed E-state index contributed by atoms with van der Waals surface area (Å²) in [4.78, 5) is 41.9. The van der Waals surface area contributed by atoms with E-state index in [9.17, 15) is 14.4 Å². The third kappa shape index (κ3) is 3.22. The van der Waals surface area contributed by atoms with Crippen LogP contribution in [-0.4, -0.2) is 33.0 Å². The maximum Gasteiger partial charge on any atom is 0.344 e. The van der Waals surface area contributed by atoms with Gasteiger partial charge in [0.1, 0.15) is 5.54 Å². The van der Waals surface area contributed by atoms with Crippen molar-refractivity contribution in [1.82, 2.24) is 25.9 Å². The Balaban J connectivity index is 1.51. The predicted octanol–water partition coefficient (Wildman–Crippen LogP) is 2.16. The van der Waals surface area contributed by atoms with Crippen LogP contribution in [-0.2, 0) is 10.3 Å². The number of hydrogen-bond donors (Lipinski definition) is 2. The predicted molar refractivity (Wildman–Crippen MR) is 101 cm³/mol. The molecule has 4 amide bonds. The highest BCUT2D eigenvalue weighted by Crippen LogP contribution is 2.27. The number of imide groups is 1. The summed E-state index contributed by atoms with van der Waals surface area (Å²) in [5.74, 6) is -0.330. The molecule has 3 aromatic rings. The van der Waals surface area contributed by atoms with Gasteiger partial charge in [0, 0.05) is 11.1 Å². The van der Waals surface area contributed by atoms with Gasteiger partial charge >= 0.3 is 6.03 Å². The number of urea groups is 1. The van der Waals surface area contributed by atoms with Crippen molar-refractivity contribution in [1.29, 1.82) is 0 Å². The Labute approximate surface area is 165 Å². The molecule has 4 rings (SSSR count). The summed E-state index contributed by atoms with van der Waals surface area (Å²) in [6.07, 6.45) is 0.